The van der Waals surface area contributed by atoms with Crippen molar-refractivity contribution in [3.63, 3.8) is 0 Å². The second-order valence-corrected chi connectivity index (χ2v) is 5.08. The van der Waals surface area contributed by atoms with E-state index in [0.717, 1.165) is 19.0 Å². The Labute approximate surface area is 104 Å². The minimum atomic E-state index is 0.894. The highest BCUT2D eigenvalue weighted by atomic mass is 15.4. The van der Waals surface area contributed by atoms with Crippen LogP contribution in [-0.2, 0) is 6.54 Å². The maximum atomic E-state index is 3.95. The standard InChI is InChI=1S/C13H24N4/c1-2-4-6-13(7-5-3-1)12-14-8-10-17-11-9-15-16-17/h9,11,13-14H,1-8,10,12H2. The molecule has 4 heteroatoms. The lowest BCUT2D eigenvalue weighted by atomic mass is 9.91. The van der Waals surface area contributed by atoms with Crippen LogP contribution in [0.5, 0.6) is 0 Å². The van der Waals surface area contributed by atoms with Gasteiger partial charge in [0, 0.05) is 12.7 Å². The van der Waals surface area contributed by atoms with E-state index in [-0.39, 0.29) is 0 Å². The van der Waals surface area contributed by atoms with E-state index >= 15 is 0 Å². The van der Waals surface area contributed by atoms with Crippen molar-refractivity contribution in [3.8, 4) is 0 Å². The summed E-state index contributed by atoms with van der Waals surface area (Å²) >= 11 is 0. The molecule has 0 unspecified atom stereocenters. The molecular weight excluding hydrogens is 212 g/mol. The third-order valence-electron chi connectivity index (χ3n) is 3.65. The molecule has 0 bridgehead atoms. The maximum Gasteiger partial charge on any atom is 0.0692 e. The van der Waals surface area contributed by atoms with Gasteiger partial charge in [-0.25, -0.2) is 0 Å². The lowest BCUT2D eigenvalue weighted by molar-refractivity contribution is 0.357. The van der Waals surface area contributed by atoms with Crippen molar-refractivity contribution in [1.29, 1.82) is 0 Å². The van der Waals surface area contributed by atoms with Crippen LogP contribution >= 0.6 is 0 Å². The van der Waals surface area contributed by atoms with Crippen LogP contribution in [0.25, 0.3) is 0 Å². The largest absolute Gasteiger partial charge is 0.315 e. The fourth-order valence-corrected chi connectivity index (χ4v) is 2.60. The predicted octanol–water partition coefficient (Wildman–Crippen LogP) is 2.23. The Hall–Kier alpha value is -0.900. The van der Waals surface area contributed by atoms with Crippen molar-refractivity contribution < 1.29 is 0 Å². The van der Waals surface area contributed by atoms with Gasteiger partial charge in [0.2, 0.25) is 0 Å². The van der Waals surface area contributed by atoms with E-state index in [9.17, 15) is 0 Å². The molecule has 0 aliphatic heterocycles. The Kier molecular flexibility index (Phi) is 5.49. The highest BCUT2D eigenvalue weighted by Crippen LogP contribution is 2.21. The van der Waals surface area contributed by atoms with Gasteiger partial charge < -0.3 is 5.32 Å². The molecule has 96 valence electrons. The van der Waals surface area contributed by atoms with Gasteiger partial charge in [0.1, 0.15) is 0 Å². The molecule has 1 aliphatic rings. The Morgan fingerprint density at radius 3 is 2.59 bits per heavy atom. The number of hydrogen-bond donors (Lipinski definition) is 1. The van der Waals surface area contributed by atoms with Gasteiger partial charge in [0.25, 0.3) is 0 Å². The van der Waals surface area contributed by atoms with Gasteiger partial charge >= 0.3 is 0 Å². The molecule has 4 nitrogen and oxygen atoms in total. The summed E-state index contributed by atoms with van der Waals surface area (Å²) in [6.45, 7) is 3.10. The van der Waals surface area contributed by atoms with Gasteiger partial charge in [0.05, 0.1) is 12.7 Å². The van der Waals surface area contributed by atoms with Crippen LogP contribution in [0.15, 0.2) is 12.4 Å². The summed E-state index contributed by atoms with van der Waals surface area (Å²) in [5, 5.41) is 11.3. The van der Waals surface area contributed by atoms with Gasteiger partial charge in [0.15, 0.2) is 0 Å². The topological polar surface area (TPSA) is 42.7 Å². The molecule has 0 amide bonds. The maximum absolute atomic E-state index is 3.95. The van der Waals surface area contributed by atoms with Crippen molar-refractivity contribution in [2.45, 2.75) is 51.5 Å². The van der Waals surface area contributed by atoms with Gasteiger partial charge in [-0.2, -0.15) is 0 Å². The molecule has 1 N–H and O–H groups in total. The van der Waals surface area contributed by atoms with Crippen molar-refractivity contribution in [1.82, 2.24) is 20.3 Å². The van der Waals surface area contributed by atoms with Crippen molar-refractivity contribution in [2.24, 2.45) is 5.92 Å². The minimum absolute atomic E-state index is 0.894. The van der Waals surface area contributed by atoms with Crippen LogP contribution in [0, 0.1) is 5.92 Å². The van der Waals surface area contributed by atoms with E-state index in [4.69, 9.17) is 0 Å². The van der Waals surface area contributed by atoms with Crippen LogP contribution in [0.2, 0.25) is 0 Å². The Bertz CT molecular complexity index is 276. The summed E-state index contributed by atoms with van der Waals surface area (Å²) in [6.07, 6.45) is 13.7. The fraction of sp³-hybridized carbons (Fsp3) is 0.846. The van der Waals surface area contributed by atoms with Crippen LogP contribution in [0.4, 0.5) is 0 Å². The summed E-state index contributed by atoms with van der Waals surface area (Å²) in [5.74, 6) is 0.894. The van der Waals surface area contributed by atoms with Gasteiger partial charge in [-0.1, -0.05) is 37.3 Å². The summed E-state index contributed by atoms with van der Waals surface area (Å²) < 4.78 is 1.88. The Morgan fingerprint density at radius 2 is 1.88 bits per heavy atom. The first-order chi connectivity index (χ1) is 8.45. The molecule has 0 spiro atoms. The van der Waals surface area contributed by atoms with E-state index < -0.39 is 0 Å². The van der Waals surface area contributed by atoms with Crippen LogP contribution in [-0.4, -0.2) is 28.1 Å². The molecule has 0 atom stereocenters. The average molecular weight is 236 g/mol. The normalized spacial score (nSPS) is 18.8. The second-order valence-electron chi connectivity index (χ2n) is 5.08. The lowest BCUT2D eigenvalue weighted by Crippen LogP contribution is -2.27. The molecule has 1 aromatic rings. The van der Waals surface area contributed by atoms with E-state index in [2.05, 4.69) is 15.6 Å². The lowest BCUT2D eigenvalue weighted by Gasteiger charge is -2.19. The molecule has 17 heavy (non-hydrogen) atoms. The summed E-state index contributed by atoms with van der Waals surface area (Å²) in [5.41, 5.74) is 0. The quantitative estimate of drug-likeness (QED) is 0.797. The summed E-state index contributed by atoms with van der Waals surface area (Å²) in [7, 11) is 0. The van der Waals surface area contributed by atoms with E-state index in [1.165, 1.54) is 51.5 Å². The summed E-state index contributed by atoms with van der Waals surface area (Å²) in [4.78, 5) is 0. The predicted molar refractivity (Wildman–Crippen MR) is 68.7 cm³/mol. The minimum Gasteiger partial charge on any atom is -0.315 e. The van der Waals surface area contributed by atoms with E-state index in [1.54, 1.807) is 6.20 Å². The SMILES string of the molecule is c1cn(CCNCC2CCCCCCC2)nn1. The first kappa shape index (κ1) is 12.6. The van der Waals surface area contributed by atoms with Crippen LogP contribution in [0.3, 0.4) is 0 Å². The number of nitrogens with zero attached hydrogens (tertiary/aromatic N) is 3. The highest BCUT2D eigenvalue weighted by molar-refractivity contribution is 4.67. The average Bonchev–Trinajstić information content (AvgIpc) is 2.79. The molecule has 2 rings (SSSR count). The van der Waals surface area contributed by atoms with Gasteiger partial charge in [-0.15, -0.1) is 5.10 Å². The molecule has 0 saturated heterocycles. The van der Waals surface area contributed by atoms with Crippen LogP contribution < -0.4 is 5.32 Å². The molecule has 0 radical (unpaired) electrons. The van der Waals surface area contributed by atoms with E-state index in [0.29, 0.717) is 0 Å². The Morgan fingerprint density at radius 1 is 1.12 bits per heavy atom. The second kappa shape index (κ2) is 7.43. The first-order valence-electron chi connectivity index (χ1n) is 7.00. The zero-order chi connectivity index (χ0) is 11.8. The van der Waals surface area contributed by atoms with E-state index in [1.807, 2.05) is 10.9 Å². The highest BCUT2D eigenvalue weighted by Gasteiger charge is 2.10. The fourth-order valence-electron chi connectivity index (χ4n) is 2.60. The monoisotopic (exact) mass is 236 g/mol. The van der Waals surface area contributed by atoms with Gasteiger partial charge in [-0.05, 0) is 25.3 Å². The molecule has 1 aromatic heterocycles. The molecule has 1 fully saturated rings. The van der Waals surface area contributed by atoms with Crippen molar-refractivity contribution in [2.75, 3.05) is 13.1 Å². The molecular formula is C13H24N4. The molecule has 1 heterocycles. The summed E-state index contributed by atoms with van der Waals surface area (Å²) in [6, 6.07) is 0. The van der Waals surface area contributed by atoms with Crippen LogP contribution in [0.1, 0.15) is 44.9 Å². The number of hydrogen-bond acceptors (Lipinski definition) is 3. The Balaban J connectivity index is 1.57. The third-order valence-corrected chi connectivity index (χ3v) is 3.65. The first-order valence-corrected chi connectivity index (χ1v) is 7.00. The smallest absolute Gasteiger partial charge is 0.0692 e. The third kappa shape index (κ3) is 4.86. The number of aromatic nitrogens is 3. The van der Waals surface area contributed by atoms with Gasteiger partial charge in [-0.3, -0.25) is 4.68 Å². The molecule has 1 aliphatic carbocycles. The number of rotatable bonds is 5. The molecule has 0 aromatic carbocycles. The zero-order valence-corrected chi connectivity index (χ0v) is 10.6. The zero-order valence-electron chi connectivity index (χ0n) is 10.6. The number of nitrogens with one attached hydrogen (secondary N) is 1. The molecule has 1 saturated carbocycles. The van der Waals surface area contributed by atoms with Crippen molar-refractivity contribution >= 4 is 0 Å². The van der Waals surface area contributed by atoms with Crippen molar-refractivity contribution in [3.05, 3.63) is 12.4 Å².